The molecule has 2 N–H and O–H groups in total. The topological polar surface area (TPSA) is 75.6 Å². The van der Waals surface area contributed by atoms with Gasteiger partial charge in [-0.25, -0.2) is 4.79 Å². The highest BCUT2D eigenvalue weighted by Crippen LogP contribution is 2.27. The number of fused-ring (bicyclic) bond motifs is 1. The minimum Gasteiger partial charge on any atom is -0.467 e. The van der Waals surface area contributed by atoms with Crippen LogP contribution in [0.3, 0.4) is 0 Å². The van der Waals surface area contributed by atoms with Gasteiger partial charge in [0.1, 0.15) is 0 Å². The predicted molar refractivity (Wildman–Crippen MR) is 55.8 cm³/mol. The zero-order valence-electron chi connectivity index (χ0n) is 8.69. The van der Waals surface area contributed by atoms with E-state index < -0.39 is 12.1 Å². The molecule has 1 amide bonds. The third-order valence-electron chi connectivity index (χ3n) is 2.50. The van der Waals surface area contributed by atoms with Gasteiger partial charge in [-0.2, -0.15) is 0 Å². The molecule has 5 heteroatoms. The molecular weight excluding hydrogens is 210 g/mol. The van der Waals surface area contributed by atoms with Gasteiger partial charge < -0.3 is 15.2 Å². The fourth-order valence-electron chi connectivity index (χ4n) is 1.65. The van der Waals surface area contributed by atoms with Crippen molar-refractivity contribution in [3.05, 3.63) is 29.3 Å². The van der Waals surface area contributed by atoms with E-state index in [-0.39, 0.29) is 5.91 Å². The summed E-state index contributed by atoms with van der Waals surface area (Å²) in [5, 5.41) is 12.2. The Morgan fingerprint density at radius 2 is 2.31 bits per heavy atom. The quantitative estimate of drug-likeness (QED) is 0.708. The highest BCUT2D eigenvalue weighted by molar-refractivity contribution is 5.99. The average molecular weight is 221 g/mol. The molecule has 1 aromatic rings. The zero-order valence-corrected chi connectivity index (χ0v) is 8.69. The number of ether oxygens (including phenoxy) is 1. The van der Waals surface area contributed by atoms with Gasteiger partial charge in [-0.1, -0.05) is 12.1 Å². The lowest BCUT2D eigenvalue weighted by atomic mass is 10.1. The second kappa shape index (κ2) is 3.94. The van der Waals surface area contributed by atoms with Crippen molar-refractivity contribution in [1.29, 1.82) is 0 Å². The molecule has 0 bridgehead atoms. The molecule has 1 aliphatic rings. The van der Waals surface area contributed by atoms with Gasteiger partial charge in [0.25, 0.3) is 0 Å². The van der Waals surface area contributed by atoms with Gasteiger partial charge >= 0.3 is 5.97 Å². The number of hydrogen-bond acceptors (Lipinski definition) is 4. The van der Waals surface area contributed by atoms with E-state index in [2.05, 4.69) is 10.1 Å². The molecule has 84 valence electrons. The van der Waals surface area contributed by atoms with E-state index in [9.17, 15) is 14.7 Å². The van der Waals surface area contributed by atoms with Crippen LogP contribution in [0.15, 0.2) is 18.2 Å². The number of rotatable bonds is 2. The third-order valence-corrected chi connectivity index (χ3v) is 2.50. The van der Waals surface area contributed by atoms with Crippen molar-refractivity contribution in [3.8, 4) is 0 Å². The van der Waals surface area contributed by atoms with E-state index >= 15 is 0 Å². The molecule has 1 heterocycles. The number of anilines is 1. The largest absolute Gasteiger partial charge is 0.467 e. The summed E-state index contributed by atoms with van der Waals surface area (Å²) in [6.07, 6.45) is -0.975. The maximum absolute atomic E-state index is 11.1. The Hall–Kier alpha value is -1.88. The Labute approximate surface area is 92.0 Å². The van der Waals surface area contributed by atoms with Gasteiger partial charge in [-0.15, -0.1) is 0 Å². The second-order valence-corrected chi connectivity index (χ2v) is 3.57. The highest BCUT2D eigenvalue weighted by atomic mass is 16.5. The SMILES string of the molecule is COC(=O)C(O)c1ccc2c(c1)NC(=O)C2. The van der Waals surface area contributed by atoms with Crippen LogP contribution in [0.5, 0.6) is 0 Å². The number of methoxy groups -OCH3 is 1. The van der Waals surface area contributed by atoms with Crippen molar-refractivity contribution in [2.24, 2.45) is 0 Å². The Kier molecular flexibility index (Phi) is 2.62. The lowest BCUT2D eigenvalue weighted by Crippen LogP contribution is -2.13. The summed E-state index contributed by atoms with van der Waals surface area (Å²) in [5.41, 5.74) is 1.92. The number of carbonyl (C=O) groups is 2. The Morgan fingerprint density at radius 1 is 1.56 bits per heavy atom. The van der Waals surface area contributed by atoms with Crippen LogP contribution < -0.4 is 5.32 Å². The van der Waals surface area contributed by atoms with E-state index in [0.717, 1.165) is 5.56 Å². The lowest BCUT2D eigenvalue weighted by molar-refractivity contribution is -0.150. The number of aliphatic hydroxyl groups excluding tert-OH is 1. The monoisotopic (exact) mass is 221 g/mol. The van der Waals surface area contributed by atoms with Gasteiger partial charge in [0.15, 0.2) is 6.10 Å². The summed E-state index contributed by atoms with van der Waals surface area (Å²) >= 11 is 0. The summed E-state index contributed by atoms with van der Waals surface area (Å²) in [4.78, 5) is 22.2. The standard InChI is InChI=1S/C11H11NO4/c1-16-11(15)10(14)7-3-2-6-5-9(13)12-8(6)4-7/h2-4,10,14H,5H2,1H3,(H,12,13). The van der Waals surface area contributed by atoms with E-state index in [1.54, 1.807) is 18.2 Å². The lowest BCUT2D eigenvalue weighted by Gasteiger charge is -2.09. The second-order valence-electron chi connectivity index (χ2n) is 3.57. The smallest absolute Gasteiger partial charge is 0.339 e. The molecule has 5 nitrogen and oxygen atoms in total. The van der Waals surface area contributed by atoms with Crippen LogP contribution in [-0.2, 0) is 20.7 Å². The maximum Gasteiger partial charge on any atom is 0.339 e. The third kappa shape index (κ3) is 1.77. The van der Waals surface area contributed by atoms with Crippen molar-refractivity contribution in [3.63, 3.8) is 0 Å². The van der Waals surface area contributed by atoms with Crippen LogP contribution in [0.25, 0.3) is 0 Å². The molecule has 0 aliphatic carbocycles. The van der Waals surface area contributed by atoms with Crippen molar-refractivity contribution in [2.45, 2.75) is 12.5 Å². The Bertz CT molecular complexity index is 455. The first-order valence-corrected chi connectivity index (χ1v) is 4.80. The Balaban J connectivity index is 2.29. The first kappa shape index (κ1) is 10.6. The summed E-state index contributed by atoms with van der Waals surface area (Å²) < 4.78 is 4.43. The minimum atomic E-state index is -1.31. The molecule has 1 aromatic carbocycles. The number of hydrogen-bond donors (Lipinski definition) is 2. The number of carbonyl (C=O) groups excluding carboxylic acids is 2. The van der Waals surface area contributed by atoms with Crippen LogP contribution in [-0.4, -0.2) is 24.1 Å². The average Bonchev–Trinajstić information content (AvgIpc) is 2.65. The van der Waals surface area contributed by atoms with E-state index in [1.807, 2.05) is 0 Å². The highest BCUT2D eigenvalue weighted by Gasteiger charge is 2.22. The fourth-order valence-corrected chi connectivity index (χ4v) is 1.65. The minimum absolute atomic E-state index is 0.0836. The first-order chi connectivity index (χ1) is 7.61. The van der Waals surface area contributed by atoms with Crippen molar-refractivity contribution in [2.75, 3.05) is 12.4 Å². The number of aliphatic hydroxyl groups is 1. The van der Waals surface area contributed by atoms with Gasteiger partial charge in [-0.3, -0.25) is 4.79 Å². The van der Waals surface area contributed by atoms with E-state index in [0.29, 0.717) is 17.7 Å². The molecular formula is C11H11NO4. The normalized spacial score (nSPS) is 15.2. The molecule has 2 rings (SSSR count). The number of amides is 1. The van der Waals surface area contributed by atoms with Crippen LogP contribution in [0.1, 0.15) is 17.2 Å². The fraction of sp³-hybridized carbons (Fsp3) is 0.273. The maximum atomic E-state index is 11.1. The van der Waals surface area contributed by atoms with Crippen LogP contribution in [0.2, 0.25) is 0 Å². The summed E-state index contributed by atoms with van der Waals surface area (Å²) in [5.74, 6) is -0.802. The Morgan fingerprint density at radius 3 is 3.00 bits per heavy atom. The number of nitrogens with one attached hydrogen (secondary N) is 1. The molecule has 0 fully saturated rings. The number of benzene rings is 1. The van der Waals surface area contributed by atoms with Crippen LogP contribution in [0, 0.1) is 0 Å². The van der Waals surface area contributed by atoms with Crippen molar-refractivity contribution < 1.29 is 19.4 Å². The van der Waals surface area contributed by atoms with Crippen LogP contribution >= 0.6 is 0 Å². The van der Waals surface area contributed by atoms with E-state index in [1.165, 1.54) is 7.11 Å². The molecule has 0 saturated carbocycles. The van der Waals surface area contributed by atoms with Gasteiger partial charge in [0.05, 0.1) is 13.5 Å². The predicted octanol–water partition coefficient (Wildman–Crippen LogP) is 0.388. The molecule has 0 radical (unpaired) electrons. The molecule has 16 heavy (non-hydrogen) atoms. The van der Waals surface area contributed by atoms with Crippen molar-refractivity contribution >= 4 is 17.6 Å². The van der Waals surface area contributed by atoms with Crippen LogP contribution in [0.4, 0.5) is 5.69 Å². The van der Waals surface area contributed by atoms with Gasteiger partial charge in [-0.05, 0) is 17.2 Å². The number of esters is 1. The first-order valence-electron chi connectivity index (χ1n) is 4.80. The molecule has 0 spiro atoms. The van der Waals surface area contributed by atoms with Gasteiger partial charge in [0.2, 0.25) is 5.91 Å². The zero-order chi connectivity index (χ0) is 11.7. The molecule has 1 atom stereocenters. The molecule has 1 unspecified atom stereocenters. The molecule has 0 aromatic heterocycles. The summed E-state index contributed by atoms with van der Waals surface area (Å²) in [6, 6.07) is 4.91. The van der Waals surface area contributed by atoms with Crippen molar-refractivity contribution in [1.82, 2.24) is 0 Å². The summed E-state index contributed by atoms with van der Waals surface area (Å²) in [7, 11) is 1.21. The molecule has 1 aliphatic heterocycles. The van der Waals surface area contributed by atoms with E-state index in [4.69, 9.17) is 0 Å². The van der Waals surface area contributed by atoms with Gasteiger partial charge in [0, 0.05) is 5.69 Å². The summed E-state index contributed by atoms with van der Waals surface area (Å²) in [6.45, 7) is 0. The molecule has 0 saturated heterocycles.